The van der Waals surface area contributed by atoms with Crippen molar-refractivity contribution < 1.29 is 13.9 Å². The first kappa shape index (κ1) is 17.9. The van der Waals surface area contributed by atoms with Crippen molar-refractivity contribution in [3.05, 3.63) is 85.7 Å². The Kier molecular flexibility index (Phi) is 4.44. The predicted molar refractivity (Wildman–Crippen MR) is 104 cm³/mol. The van der Waals surface area contributed by atoms with Gasteiger partial charge in [0.1, 0.15) is 5.58 Å². The number of ether oxygens (including phenoxy) is 1. The van der Waals surface area contributed by atoms with E-state index < -0.39 is 17.5 Å². The molecular weight excluding hydrogens is 384 g/mol. The van der Waals surface area contributed by atoms with Crippen molar-refractivity contribution in [2.24, 2.45) is 0 Å². The third-order valence-corrected chi connectivity index (χ3v) is 4.43. The Morgan fingerprint density at radius 1 is 1.14 bits per heavy atom. The number of esters is 1. The number of fused-ring (bicyclic) bond motifs is 2. The van der Waals surface area contributed by atoms with Crippen LogP contribution in [0, 0.1) is 0 Å². The minimum absolute atomic E-state index is 0.187. The zero-order chi connectivity index (χ0) is 19.8. The summed E-state index contributed by atoms with van der Waals surface area (Å²) in [5, 5.41) is 1.08. The van der Waals surface area contributed by atoms with Crippen molar-refractivity contribution >= 4 is 39.4 Å². The van der Waals surface area contributed by atoms with Gasteiger partial charge in [-0.15, -0.1) is 0 Å². The van der Waals surface area contributed by atoms with E-state index in [0.29, 0.717) is 15.9 Å². The van der Waals surface area contributed by atoms with Crippen molar-refractivity contribution in [2.45, 2.75) is 13.0 Å². The second-order valence-electron chi connectivity index (χ2n) is 6.13. The van der Waals surface area contributed by atoms with E-state index in [2.05, 4.69) is 9.97 Å². The Bertz CT molecular complexity index is 1340. The minimum atomic E-state index is -0.865. The Morgan fingerprint density at radius 2 is 1.93 bits per heavy atom. The molecular formula is C20H13ClN2O5. The summed E-state index contributed by atoms with van der Waals surface area (Å²) in [5.74, 6) is -0.918. The van der Waals surface area contributed by atoms with Crippen LogP contribution in [0.15, 0.2) is 62.5 Å². The van der Waals surface area contributed by atoms with Crippen LogP contribution in [0.5, 0.6) is 0 Å². The lowest BCUT2D eigenvalue weighted by atomic mass is 10.2. The van der Waals surface area contributed by atoms with Gasteiger partial charge in [0.2, 0.25) is 5.76 Å². The molecule has 28 heavy (non-hydrogen) atoms. The molecule has 7 nitrogen and oxygen atoms in total. The maximum atomic E-state index is 12.4. The van der Waals surface area contributed by atoms with Gasteiger partial charge in [-0.2, -0.15) is 0 Å². The minimum Gasteiger partial charge on any atom is -0.449 e. The van der Waals surface area contributed by atoms with E-state index in [9.17, 15) is 14.4 Å². The van der Waals surface area contributed by atoms with Crippen molar-refractivity contribution in [3.63, 3.8) is 0 Å². The normalized spacial score (nSPS) is 12.2. The summed E-state index contributed by atoms with van der Waals surface area (Å²) in [4.78, 5) is 43.8. The van der Waals surface area contributed by atoms with E-state index in [1.54, 1.807) is 37.3 Å². The van der Waals surface area contributed by atoms with Crippen LogP contribution in [0.4, 0.5) is 0 Å². The highest BCUT2D eigenvalue weighted by atomic mass is 35.5. The number of halogens is 1. The fraction of sp³-hybridized carbons (Fsp3) is 0.100. The number of hydrogen-bond donors (Lipinski definition) is 1. The number of aromatic amines is 1. The third-order valence-electron chi connectivity index (χ3n) is 4.19. The molecule has 0 saturated carbocycles. The Labute approximate surface area is 162 Å². The fourth-order valence-electron chi connectivity index (χ4n) is 2.80. The monoisotopic (exact) mass is 396 g/mol. The Balaban J connectivity index is 1.65. The lowest BCUT2D eigenvalue weighted by Crippen LogP contribution is -2.18. The van der Waals surface area contributed by atoms with Gasteiger partial charge in [-0.3, -0.25) is 9.59 Å². The van der Waals surface area contributed by atoms with Gasteiger partial charge >= 0.3 is 5.97 Å². The smallest absolute Gasteiger partial charge is 0.375 e. The molecule has 2 aromatic heterocycles. The molecule has 1 N–H and O–H groups in total. The van der Waals surface area contributed by atoms with Crippen molar-refractivity contribution in [1.82, 2.24) is 9.97 Å². The summed E-state index contributed by atoms with van der Waals surface area (Å²) in [6, 6.07) is 12.4. The maximum Gasteiger partial charge on any atom is 0.375 e. The van der Waals surface area contributed by atoms with Gasteiger partial charge in [0, 0.05) is 11.1 Å². The molecule has 1 atom stereocenters. The van der Waals surface area contributed by atoms with Gasteiger partial charge in [0.15, 0.2) is 17.4 Å². The van der Waals surface area contributed by atoms with E-state index in [1.807, 2.05) is 0 Å². The lowest BCUT2D eigenvalue weighted by molar-refractivity contribution is 0.0284. The first-order chi connectivity index (χ1) is 13.4. The summed E-state index contributed by atoms with van der Waals surface area (Å²) in [7, 11) is 0. The van der Waals surface area contributed by atoms with Crippen molar-refractivity contribution in [2.75, 3.05) is 0 Å². The highest BCUT2D eigenvalue weighted by Crippen LogP contribution is 2.20. The highest BCUT2D eigenvalue weighted by Gasteiger charge is 2.20. The molecule has 140 valence electrons. The number of nitrogens with one attached hydrogen (secondary N) is 1. The topological polar surface area (TPSA) is 102 Å². The van der Waals surface area contributed by atoms with E-state index >= 15 is 0 Å². The van der Waals surface area contributed by atoms with Crippen molar-refractivity contribution in [1.29, 1.82) is 0 Å². The van der Waals surface area contributed by atoms with Gasteiger partial charge in [-0.25, -0.2) is 9.78 Å². The summed E-state index contributed by atoms with van der Waals surface area (Å²) < 4.78 is 10.8. The Hall–Kier alpha value is -3.45. The lowest BCUT2D eigenvalue weighted by Gasteiger charge is -2.12. The van der Waals surface area contributed by atoms with Crippen molar-refractivity contribution in [3.8, 4) is 0 Å². The molecule has 2 aromatic carbocycles. The SMILES string of the molecule is C[C@@H](OC(=O)c1cc(=O)c2cc(Cl)ccc2o1)c1nc2ccccc2c(=O)[nH]1. The number of rotatable bonds is 3. The second-order valence-corrected chi connectivity index (χ2v) is 6.57. The number of carbonyl (C=O) groups excluding carboxylic acids is 1. The number of nitrogens with zero attached hydrogens (tertiary/aromatic N) is 1. The average Bonchev–Trinajstić information content (AvgIpc) is 2.68. The zero-order valence-corrected chi connectivity index (χ0v) is 15.3. The van der Waals surface area contributed by atoms with E-state index in [4.69, 9.17) is 20.8 Å². The summed E-state index contributed by atoms with van der Waals surface area (Å²) in [6.07, 6.45) is -0.865. The molecule has 0 aliphatic carbocycles. The van der Waals surface area contributed by atoms with Gasteiger partial charge in [-0.1, -0.05) is 23.7 Å². The second kappa shape index (κ2) is 6.94. The first-order valence-corrected chi connectivity index (χ1v) is 8.73. The molecule has 0 bridgehead atoms. The van der Waals surface area contributed by atoms with Gasteiger partial charge in [-0.05, 0) is 37.3 Å². The van der Waals surface area contributed by atoms with Crippen LogP contribution >= 0.6 is 11.6 Å². The molecule has 0 spiro atoms. The summed E-state index contributed by atoms with van der Waals surface area (Å²) in [6.45, 7) is 1.56. The molecule has 0 aliphatic rings. The van der Waals surface area contributed by atoms with Crippen LogP contribution in [0.1, 0.15) is 29.4 Å². The Morgan fingerprint density at radius 3 is 2.75 bits per heavy atom. The highest BCUT2D eigenvalue weighted by molar-refractivity contribution is 6.31. The van der Waals surface area contributed by atoms with Gasteiger partial charge < -0.3 is 14.1 Å². The van der Waals surface area contributed by atoms with E-state index in [-0.39, 0.29) is 28.1 Å². The molecule has 8 heteroatoms. The fourth-order valence-corrected chi connectivity index (χ4v) is 2.97. The molecule has 0 radical (unpaired) electrons. The molecule has 0 aliphatic heterocycles. The average molecular weight is 397 g/mol. The van der Waals surface area contributed by atoms with Crippen LogP contribution in [0.25, 0.3) is 21.9 Å². The molecule has 0 saturated heterocycles. The molecule has 2 heterocycles. The number of benzene rings is 2. The largest absolute Gasteiger partial charge is 0.449 e. The molecule has 0 unspecified atom stereocenters. The van der Waals surface area contributed by atoms with Gasteiger partial charge in [0.25, 0.3) is 5.56 Å². The van der Waals surface area contributed by atoms with Gasteiger partial charge in [0.05, 0.1) is 16.3 Å². The van der Waals surface area contributed by atoms with E-state index in [0.717, 1.165) is 6.07 Å². The number of hydrogen-bond acceptors (Lipinski definition) is 6. The van der Waals surface area contributed by atoms with Crippen LogP contribution in [0.3, 0.4) is 0 Å². The van der Waals surface area contributed by atoms with Crippen LogP contribution in [0.2, 0.25) is 5.02 Å². The molecule has 0 fully saturated rings. The number of aromatic nitrogens is 2. The maximum absolute atomic E-state index is 12.4. The molecule has 0 amide bonds. The molecule has 4 aromatic rings. The summed E-state index contributed by atoms with van der Waals surface area (Å²) >= 11 is 5.88. The first-order valence-electron chi connectivity index (χ1n) is 8.36. The third kappa shape index (κ3) is 3.27. The predicted octanol–water partition coefficient (Wildman–Crippen LogP) is 3.60. The molecule has 4 rings (SSSR count). The quantitative estimate of drug-likeness (QED) is 0.531. The van der Waals surface area contributed by atoms with E-state index in [1.165, 1.54) is 12.1 Å². The van der Waals surface area contributed by atoms with Crippen LogP contribution in [-0.2, 0) is 4.74 Å². The number of carbonyl (C=O) groups is 1. The number of H-pyrrole nitrogens is 1. The standard InChI is InChI=1S/C20H13ClN2O5/c1-10(18-22-14-5-3-2-4-12(14)19(25)23-18)27-20(26)17-9-15(24)13-8-11(21)6-7-16(13)28-17/h2-10H,1H3,(H,22,23,25)/t10-/m1/s1. The van der Waals surface area contributed by atoms with Crippen LogP contribution in [-0.4, -0.2) is 15.9 Å². The number of para-hydroxylation sites is 1. The van der Waals surface area contributed by atoms with Crippen LogP contribution < -0.4 is 11.0 Å². The summed E-state index contributed by atoms with van der Waals surface area (Å²) in [5.41, 5.74) is -0.0507. The zero-order valence-electron chi connectivity index (χ0n) is 14.6.